The lowest BCUT2D eigenvalue weighted by atomic mass is 10.1. The molecule has 1 fully saturated rings. The van der Waals surface area contributed by atoms with Crippen LogP contribution in [-0.2, 0) is 11.3 Å². The van der Waals surface area contributed by atoms with Crippen molar-refractivity contribution in [3.8, 4) is 6.07 Å². The molecule has 2 heterocycles. The number of hydrogen-bond acceptors (Lipinski definition) is 4. The Morgan fingerprint density at radius 3 is 3.04 bits per heavy atom. The second-order valence-corrected chi connectivity index (χ2v) is 5.83. The first-order valence-electron chi connectivity index (χ1n) is 7.45. The molecule has 1 amide bonds. The number of nitrogens with one attached hydrogen (secondary N) is 1. The molecule has 3 rings (SSSR count). The molecule has 1 saturated heterocycles. The van der Waals surface area contributed by atoms with E-state index in [0.717, 1.165) is 30.8 Å². The van der Waals surface area contributed by atoms with Gasteiger partial charge in [-0.15, -0.1) is 0 Å². The van der Waals surface area contributed by atoms with Crippen LogP contribution >= 0.6 is 11.6 Å². The van der Waals surface area contributed by atoms with Gasteiger partial charge in [0, 0.05) is 12.2 Å². The smallest absolute Gasteiger partial charge is 0.243 e. The van der Waals surface area contributed by atoms with Crippen molar-refractivity contribution in [1.29, 1.82) is 5.26 Å². The van der Waals surface area contributed by atoms with E-state index in [-0.39, 0.29) is 11.9 Å². The third-order valence-electron chi connectivity index (χ3n) is 3.98. The summed E-state index contributed by atoms with van der Waals surface area (Å²) in [4.78, 5) is 14.5. The number of rotatable bonds is 4. The molecule has 6 heteroatoms. The van der Waals surface area contributed by atoms with E-state index in [1.54, 1.807) is 24.5 Å². The number of benzene rings is 1. The van der Waals surface area contributed by atoms with Crippen molar-refractivity contribution in [2.45, 2.75) is 25.4 Å². The maximum Gasteiger partial charge on any atom is 0.243 e. The number of halogens is 1. The maximum atomic E-state index is 12.5. The zero-order chi connectivity index (χ0) is 16.2. The van der Waals surface area contributed by atoms with Crippen molar-refractivity contribution in [2.24, 2.45) is 0 Å². The highest BCUT2D eigenvalue weighted by atomic mass is 35.5. The van der Waals surface area contributed by atoms with Gasteiger partial charge < -0.3 is 14.6 Å². The highest BCUT2D eigenvalue weighted by Crippen LogP contribution is 2.29. The van der Waals surface area contributed by atoms with Gasteiger partial charge in [-0.3, -0.25) is 4.79 Å². The highest BCUT2D eigenvalue weighted by molar-refractivity contribution is 6.32. The molecule has 0 unspecified atom stereocenters. The zero-order valence-electron chi connectivity index (χ0n) is 12.5. The minimum absolute atomic E-state index is 0.0283. The summed E-state index contributed by atoms with van der Waals surface area (Å²) < 4.78 is 5.22. The Hall–Kier alpha value is -2.45. The Kier molecular flexibility index (Phi) is 4.54. The summed E-state index contributed by atoms with van der Waals surface area (Å²) in [5.74, 6) is 0.698. The topological polar surface area (TPSA) is 69.3 Å². The van der Waals surface area contributed by atoms with Gasteiger partial charge in [-0.25, -0.2) is 0 Å². The van der Waals surface area contributed by atoms with Crippen molar-refractivity contribution in [2.75, 3.05) is 11.4 Å². The molecule has 0 aliphatic carbocycles. The van der Waals surface area contributed by atoms with Crippen LogP contribution in [0.2, 0.25) is 5.02 Å². The van der Waals surface area contributed by atoms with Crippen LogP contribution < -0.4 is 10.2 Å². The van der Waals surface area contributed by atoms with Gasteiger partial charge in [0.2, 0.25) is 5.91 Å². The van der Waals surface area contributed by atoms with E-state index in [1.165, 1.54) is 0 Å². The molecule has 1 aliphatic rings. The molecule has 1 aromatic carbocycles. The monoisotopic (exact) mass is 329 g/mol. The number of furan rings is 1. The zero-order valence-corrected chi connectivity index (χ0v) is 13.2. The summed E-state index contributed by atoms with van der Waals surface area (Å²) in [7, 11) is 0. The molecule has 1 aliphatic heterocycles. The molecular weight excluding hydrogens is 314 g/mol. The first-order chi connectivity index (χ1) is 11.2. The van der Waals surface area contributed by atoms with Crippen molar-refractivity contribution in [3.63, 3.8) is 0 Å². The van der Waals surface area contributed by atoms with E-state index in [0.29, 0.717) is 17.1 Å². The third kappa shape index (κ3) is 3.33. The predicted octanol–water partition coefficient (Wildman–Crippen LogP) is 3.09. The van der Waals surface area contributed by atoms with Gasteiger partial charge in [0.25, 0.3) is 0 Å². The van der Waals surface area contributed by atoms with Crippen molar-refractivity contribution in [1.82, 2.24) is 5.32 Å². The molecule has 0 radical (unpaired) electrons. The standard InChI is InChI=1S/C17H16ClN3O2/c18-15-9-13(6-5-12(15)10-19)21-7-1-4-16(21)17(22)20-11-14-3-2-8-23-14/h2-3,5-6,8-9,16H,1,4,7,11H2,(H,20,22)/t16-/m0/s1. The predicted molar refractivity (Wildman–Crippen MR) is 87.1 cm³/mol. The van der Waals surface area contributed by atoms with E-state index >= 15 is 0 Å². The van der Waals surface area contributed by atoms with Crippen LogP contribution in [0.3, 0.4) is 0 Å². The number of nitrogens with zero attached hydrogens (tertiary/aromatic N) is 2. The van der Waals surface area contributed by atoms with Crippen molar-refractivity contribution in [3.05, 3.63) is 52.9 Å². The molecule has 0 bridgehead atoms. The molecule has 0 spiro atoms. The summed E-state index contributed by atoms with van der Waals surface area (Å²) in [5, 5.41) is 12.3. The number of hydrogen-bond donors (Lipinski definition) is 1. The van der Waals surface area contributed by atoms with Crippen LogP contribution in [0.5, 0.6) is 0 Å². The van der Waals surface area contributed by atoms with E-state index < -0.39 is 0 Å². The molecular formula is C17H16ClN3O2. The molecule has 2 aromatic rings. The van der Waals surface area contributed by atoms with Gasteiger partial charge in [0.05, 0.1) is 23.4 Å². The minimum Gasteiger partial charge on any atom is -0.467 e. The second kappa shape index (κ2) is 6.76. The molecule has 1 N–H and O–H groups in total. The molecule has 23 heavy (non-hydrogen) atoms. The number of anilines is 1. The quantitative estimate of drug-likeness (QED) is 0.935. The Bertz CT molecular complexity index is 737. The second-order valence-electron chi connectivity index (χ2n) is 5.42. The molecule has 1 atom stereocenters. The van der Waals surface area contributed by atoms with Crippen molar-refractivity contribution >= 4 is 23.2 Å². The lowest BCUT2D eigenvalue weighted by molar-refractivity contribution is -0.122. The number of carbonyl (C=O) groups excluding carboxylic acids is 1. The van der Waals surface area contributed by atoms with Crippen LogP contribution in [0.1, 0.15) is 24.2 Å². The Morgan fingerprint density at radius 1 is 1.48 bits per heavy atom. The van der Waals surface area contributed by atoms with Gasteiger partial charge in [-0.05, 0) is 43.2 Å². The van der Waals surface area contributed by atoms with Crippen LogP contribution in [-0.4, -0.2) is 18.5 Å². The molecule has 5 nitrogen and oxygen atoms in total. The van der Waals surface area contributed by atoms with Gasteiger partial charge in [-0.2, -0.15) is 5.26 Å². The Morgan fingerprint density at radius 2 is 2.35 bits per heavy atom. The van der Waals surface area contributed by atoms with Gasteiger partial charge in [0.15, 0.2) is 0 Å². The average molecular weight is 330 g/mol. The molecule has 0 saturated carbocycles. The van der Waals surface area contributed by atoms with E-state index in [4.69, 9.17) is 21.3 Å². The van der Waals surface area contributed by atoms with Gasteiger partial charge in [0.1, 0.15) is 17.9 Å². The molecule has 1 aromatic heterocycles. The number of amides is 1. The summed E-state index contributed by atoms with van der Waals surface area (Å²) in [5.41, 5.74) is 1.30. The lowest BCUT2D eigenvalue weighted by Crippen LogP contribution is -2.43. The largest absolute Gasteiger partial charge is 0.467 e. The summed E-state index contributed by atoms with van der Waals surface area (Å²) >= 11 is 6.10. The average Bonchev–Trinajstić information content (AvgIpc) is 3.24. The summed E-state index contributed by atoms with van der Waals surface area (Å²) in [6.45, 7) is 1.17. The maximum absolute atomic E-state index is 12.5. The van der Waals surface area contributed by atoms with E-state index in [1.807, 2.05) is 23.1 Å². The van der Waals surface area contributed by atoms with Gasteiger partial charge >= 0.3 is 0 Å². The normalized spacial score (nSPS) is 17.0. The summed E-state index contributed by atoms with van der Waals surface area (Å²) in [6.07, 6.45) is 3.32. The fourth-order valence-corrected chi connectivity index (χ4v) is 3.04. The third-order valence-corrected chi connectivity index (χ3v) is 4.29. The number of carbonyl (C=O) groups is 1. The van der Waals surface area contributed by atoms with Crippen molar-refractivity contribution < 1.29 is 9.21 Å². The van der Waals surface area contributed by atoms with Crippen LogP contribution in [0.25, 0.3) is 0 Å². The fraction of sp³-hybridized carbons (Fsp3) is 0.294. The first-order valence-corrected chi connectivity index (χ1v) is 7.83. The molecule has 118 valence electrons. The SMILES string of the molecule is N#Cc1ccc(N2CCC[C@H]2C(=O)NCc2ccco2)cc1Cl. The minimum atomic E-state index is -0.228. The highest BCUT2D eigenvalue weighted by Gasteiger charge is 2.31. The van der Waals surface area contributed by atoms with Crippen LogP contribution in [0, 0.1) is 11.3 Å². The summed E-state index contributed by atoms with van der Waals surface area (Å²) in [6, 6.07) is 10.7. The van der Waals surface area contributed by atoms with E-state index in [2.05, 4.69) is 5.32 Å². The first kappa shape index (κ1) is 15.4. The fourth-order valence-electron chi connectivity index (χ4n) is 2.83. The van der Waals surface area contributed by atoms with Gasteiger partial charge in [-0.1, -0.05) is 11.6 Å². The number of nitriles is 1. The van der Waals surface area contributed by atoms with Crippen LogP contribution in [0.15, 0.2) is 41.0 Å². The van der Waals surface area contributed by atoms with E-state index in [9.17, 15) is 4.79 Å². The Labute approximate surface area is 139 Å². The Balaban J connectivity index is 1.71. The lowest BCUT2D eigenvalue weighted by Gasteiger charge is -2.26. The van der Waals surface area contributed by atoms with Crippen LogP contribution in [0.4, 0.5) is 5.69 Å².